The first-order chi connectivity index (χ1) is 11.8. The molecule has 126 valence electrons. The van der Waals surface area contributed by atoms with Crippen molar-refractivity contribution >= 4 is 5.82 Å². The lowest BCUT2D eigenvalue weighted by Gasteiger charge is -2.31. The van der Waals surface area contributed by atoms with E-state index in [1.807, 2.05) is 0 Å². The van der Waals surface area contributed by atoms with Crippen LogP contribution in [0.4, 0.5) is 5.82 Å². The smallest absolute Gasteiger partial charge is 0.147 e. The van der Waals surface area contributed by atoms with Gasteiger partial charge < -0.3 is 10.2 Å². The van der Waals surface area contributed by atoms with Gasteiger partial charge in [0.15, 0.2) is 0 Å². The first kappa shape index (κ1) is 15.6. The van der Waals surface area contributed by atoms with Gasteiger partial charge in [0.1, 0.15) is 11.6 Å². The number of rotatable bonds is 4. The minimum Gasteiger partial charge on any atom is -0.356 e. The molecular weight excluding hydrogens is 296 g/mol. The Bertz CT molecular complexity index is 692. The van der Waals surface area contributed by atoms with Crippen LogP contribution in [0.15, 0.2) is 30.3 Å². The molecule has 1 N–H and O–H groups in total. The van der Waals surface area contributed by atoms with Gasteiger partial charge in [-0.3, -0.25) is 0 Å². The summed E-state index contributed by atoms with van der Waals surface area (Å²) < 4.78 is 0. The fraction of sp³-hybridized carbons (Fsp3) is 0.500. The molecule has 0 aliphatic carbocycles. The average Bonchev–Trinajstić information content (AvgIpc) is 3.15. The Hall–Kier alpha value is -1.94. The standard InChI is InChI=1S/C20H26N4/c1-15-17-9-6-13-24(14-11-16-7-3-2-4-8-16)20(17)23-19(22-15)18-10-5-12-21-18/h2-4,7-8,18,21H,5-6,9-14H2,1H3/t18-/m0/s1. The van der Waals surface area contributed by atoms with Gasteiger partial charge in [0.05, 0.1) is 6.04 Å². The first-order valence-corrected chi connectivity index (χ1v) is 9.21. The Balaban J connectivity index is 1.58. The van der Waals surface area contributed by atoms with Crippen LogP contribution in [0, 0.1) is 6.92 Å². The molecule has 0 spiro atoms. The van der Waals surface area contributed by atoms with Gasteiger partial charge in [-0.2, -0.15) is 0 Å². The lowest BCUT2D eigenvalue weighted by atomic mass is 10.0. The van der Waals surface area contributed by atoms with Crippen molar-refractivity contribution in [2.45, 2.75) is 45.1 Å². The van der Waals surface area contributed by atoms with Crippen LogP contribution in [0.5, 0.6) is 0 Å². The maximum absolute atomic E-state index is 5.00. The van der Waals surface area contributed by atoms with Crippen LogP contribution in [-0.2, 0) is 12.8 Å². The molecule has 2 aliphatic heterocycles. The molecule has 1 saturated heterocycles. The van der Waals surface area contributed by atoms with Gasteiger partial charge in [0, 0.05) is 24.3 Å². The van der Waals surface area contributed by atoms with Crippen LogP contribution in [-0.4, -0.2) is 29.6 Å². The predicted molar refractivity (Wildman–Crippen MR) is 97.4 cm³/mol. The zero-order valence-electron chi connectivity index (χ0n) is 14.5. The van der Waals surface area contributed by atoms with E-state index >= 15 is 0 Å². The number of hydrogen-bond acceptors (Lipinski definition) is 4. The van der Waals surface area contributed by atoms with Crippen molar-refractivity contribution < 1.29 is 0 Å². The number of aromatic nitrogens is 2. The van der Waals surface area contributed by atoms with Crippen molar-refractivity contribution in [2.75, 3.05) is 24.5 Å². The molecule has 0 radical (unpaired) electrons. The number of anilines is 1. The molecule has 0 bridgehead atoms. The van der Waals surface area contributed by atoms with E-state index in [1.165, 1.54) is 35.5 Å². The second kappa shape index (κ2) is 6.89. The molecule has 4 nitrogen and oxygen atoms in total. The summed E-state index contributed by atoms with van der Waals surface area (Å²) in [5, 5.41) is 3.54. The fourth-order valence-electron chi connectivity index (χ4n) is 3.90. The molecule has 4 rings (SSSR count). The number of nitrogens with zero attached hydrogens (tertiary/aromatic N) is 3. The molecule has 24 heavy (non-hydrogen) atoms. The van der Waals surface area contributed by atoms with Gasteiger partial charge in [-0.05, 0) is 51.1 Å². The summed E-state index contributed by atoms with van der Waals surface area (Å²) in [6.07, 6.45) is 5.76. The third-order valence-corrected chi connectivity index (χ3v) is 5.25. The van der Waals surface area contributed by atoms with Crippen molar-refractivity contribution in [3.8, 4) is 0 Å². The summed E-state index contributed by atoms with van der Waals surface area (Å²) in [6, 6.07) is 11.1. The average molecular weight is 322 g/mol. The summed E-state index contributed by atoms with van der Waals surface area (Å²) >= 11 is 0. The Labute approximate surface area is 144 Å². The Kier molecular flexibility index (Phi) is 4.48. The van der Waals surface area contributed by atoms with Gasteiger partial charge in [-0.1, -0.05) is 30.3 Å². The van der Waals surface area contributed by atoms with E-state index in [4.69, 9.17) is 9.97 Å². The predicted octanol–water partition coefficient (Wildman–Crippen LogP) is 3.20. The third-order valence-electron chi connectivity index (χ3n) is 5.25. The van der Waals surface area contributed by atoms with Crippen molar-refractivity contribution in [3.63, 3.8) is 0 Å². The van der Waals surface area contributed by atoms with Gasteiger partial charge in [0.2, 0.25) is 0 Å². The highest BCUT2D eigenvalue weighted by Gasteiger charge is 2.25. The van der Waals surface area contributed by atoms with E-state index in [-0.39, 0.29) is 0 Å². The van der Waals surface area contributed by atoms with E-state index in [0.29, 0.717) is 6.04 Å². The van der Waals surface area contributed by atoms with Crippen molar-refractivity contribution in [2.24, 2.45) is 0 Å². The second-order valence-electron chi connectivity index (χ2n) is 6.94. The number of nitrogens with one attached hydrogen (secondary N) is 1. The van der Waals surface area contributed by atoms with Crippen molar-refractivity contribution in [3.05, 3.63) is 53.0 Å². The number of benzene rings is 1. The van der Waals surface area contributed by atoms with Gasteiger partial charge in [0.25, 0.3) is 0 Å². The minimum atomic E-state index is 0.340. The topological polar surface area (TPSA) is 41.1 Å². The normalized spacial score (nSPS) is 20.2. The van der Waals surface area contributed by atoms with E-state index < -0.39 is 0 Å². The Morgan fingerprint density at radius 1 is 1.17 bits per heavy atom. The SMILES string of the molecule is Cc1nc([C@@H]2CCCN2)nc2c1CCCN2CCc1ccccc1. The summed E-state index contributed by atoms with van der Waals surface area (Å²) in [5.74, 6) is 2.18. The Morgan fingerprint density at radius 3 is 2.83 bits per heavy atom. The number of hydrogen-bond donors (Lipinski definition) is 1. The largest absolute Gasteiger partial charge is 0.356 e. The quantitative estimate of drug-likeness (QED) is 0.938. The van der Waals surface area contributed by atoms with E-state index in [1.54, 1.807) is 0 Å². The van der Waals surface area contributed by atoms with E-state index in [2.05, 4.69) is 47.5 Å². The van der Waals surface area contributed by atoms with Crippen LogP contribution in [0.25, 0.3) is 0 Å². The van der Waals surface area contributed by atoms with Gasteiger partial charge >= 0.3 is 0 Å². The Morgan fingerprint density at radius 2 is 2.04 bits per heavy atom. The molecule has 1 aromatic carbocycles. The zero-order chi connectivity index (χ0) is 16.4. The molecule has 2 aliphatic rings. The number of aryl methyl sites for hydroxylation is 1. The maximum atomic E-state index is 5.00. The number of fused-ring (bicyclic) bond motifs is 1. The van der Waals surface area contributed by atoms with Crippen molar-refractivity contribution in [1.29, 1.82) is 0 Å². The molecule has 0 saturated carbocycles. The minimum absolute atomic E-state index is 0.340. The second-order valence-corrected chi connectivity index (χ2v) is 6.94. The third kappa shape index (κ3) is 3.16. The van der Waals surface area contributed by atoms with Crippen molar-refractivity contribution in [1.82, 2.24) is 15.3 Å². The lowest BCUT2D eigenvalue weighted by Crippen LogP contribution is -2.34. The lowest BCUT2D eigenvalue weighted by molar-refractivity contribution is 0.588. The van der Waals surface area contributed by atoms with E-state index in [9.17, 15) is 0 Å². The molecule has 3 heterocycles. The van der Waals surface area contributed by atoms with Gasteiger partial charge in [-0.25, -0.2) is 9.97 Å². The van der Waals surface area contributed by atoms with Crippen LogP contribution in [0.2, 0.25) is 0 Å². The molecule has 4 heteroatoms. The maximum Gasteiger partial charge on any atom is 0.147 e. The molecular formula is C20H26N4. The first-order valence-electron chi connectivity index (χ1n) is 9.21. The van der Waals surface area contributed by atoms with Crippen LogP contribution < -0.4 is 10.2 Å². The highest BCUT2D eigenvalue weighted by Crippen LogP contribution is 2.30. The van der Waals surface area contributed by atoms with E-state index in [0.717, 1.165) is 44.7 Å². The molecule has 1 fully saturated rings. The molecule has 1 atom stereocenters. The monoisotopic (exact) mass is 322 g/mol. The summed E-state index contributed by atoms with van der Waals surface area (Å²) in [6.45, 7) is 5.38. The van der Waals surface area contributed by atoms with Crippen LogP contribution in [0.1, 0.15) is 47.9 Å². The van der Waals surface area contributed by atoms with Crippen LogP contribution in [0.3, 0.4) is 0 Å². The molecule has 2 aromatic rings. The molecule has 0 amide bonds. The highest BCUT2D eigenvalue weighted by atomic mass is 15.2. The zero-order valence-corrected chi connectivity index (χ0v) is 14.5. The summed E-state index contributed by atoms with van der Waals surface area (Å²) in [4.78, 5) is 12.3. The highest BCUT2D eigenvalue weighted by molar-refractivity contribution is 5.51. The summed E-state index contributed by atoms with van der Waals surface area (Å²) in [5.41, 5.74) is 3.93. The van der Waals surface area contributed by atoms with Crippen LogP contribution >= 0.6 is 0 Å². The summed E-state index contributed by atoms with van der Waals surface area (Å²) in [7, 11) is 0. The molecule has 1 aromatic heterocycles. The molecule has 0 unspecified atom stereocenters. The fourth-order valence-corrected chi connectivity index (χ4v) is 3.90. The van der Waals surface area contributed by atoms with Gasteiger partial charge in [-0.15, -0.1) is 0 Å².